The van der Waals surface area contributed by atoms with Crippen LogP contribution in [-0.4, -0.2) is 78.0 Å². The molecule has 2 aromatic carbocycles. The van der Waals surface area contributed by atoms with Crippen LogP contribution in [0.3, 0.4) is 0 Å². The number of carbonyl (C=O) groups excluding carboxylic acids is 2. The average molecular weight is 839 g/mol. The van der Waals surface area contributed by atoms with E-state index in [0.717, 1.165) is 49.7 Å². The SMILES string of the molecule is C=CC(=O)OCCCOCCCOCCCOc1ccc(CCCCCCCCC)cc1.C=CC(=O)OCCCOCCCOc1ccc(CCCCCCCCC)cc1. The molecule has 0 N–H and O–H groups in total. The Morgan fingerprint density at radius 3 is 1.03 bits per heavy atom. The lowest BCUT2D eigenvalue weighted by molar-refractivity contribution is -0.139. The Balaban J connectivity index is 0.000000605. The summed E-state index contributed by atoms with van der Waals surface area (Å²) in [5, 5.41) is 0. The number of aryl methyl sites for hydroxylation is 2. The number of ether oxygens (including phenoxy) is 7. The molecule has 60 heavy (non-hydrogen) atoms. The van der Waals surface area contributed by atoms with E-state index < -0.39 is 5.97 Å². The molecule has 2 aromatic rings. The molecule has 9 nitrogen and oxygen atoms in total. The van der Waals surface area contributed by atoms with Crippen LogP contribution < -0.4 is 9.47 Å². The minimum Gasteiger partial charge on any atom is -0.494 e. The van der Waals surface area contributed by atoms with Gasteiger partial charge >= 0.3 is 11.9 Å². The minimum atomic E-state index is -0.391. The molecule has 0 amide bonds. The predicted molar refractivity (Wildman–Crippen MR) is 245 cm³/mol. The lowest BCUT2D eigenvalue weighted by Crippen LogP contribution is -2.08. The fourth-order valence-corrected chi connectivity index (χ4v) is 6.13. The zero-order valence-corrected chi connectivity index (χ0v) is 37.8. The van der Waals surface area contributed by atoms with Gasteiger partial charge in [0.15, 0.2) is 0 Å². The number of hydrogen-bond donors (Lipinski definition) is 0. The number of benzene rings is 2. The highest BCUT2D eigenvalue weighted by Gasteiger charge is 2.01. The van der Waals surface area contributed by atoms with Gasteiger partial charge in [0.05, 0.1) is 26.4 Å². The molecule has 0 aromatic heterocycles. The highest BCUT2D eigenvalue weighted by Crippen LogP contribution is 2.17. The quantitative estimate of drug-likeness (QED) is 0.0369. The predicted octanol–water partition coefficient (Wildman–Crippen LogP) is 12.2. The minimum absolute atomic E-state index is 0.364. The monoisotopic (exact) mass is 839 g/mol. The highest BCUT2D eigenvalue weighted by molar-refractivity contribution is 5.81. The van der Waals surface area contributed by atoms with E-state index in [1.807, 2.05) is 0 Å². The maximum atomic E-state index is 10.9. The average Bonchev–Trinajstić information content (AvgIpc) is 3.27. The van der Waals surface area contributed by atoms with Crippen molar-refractivity contribution in [3.05, 3.63) is 85.0 Å². The number of rotatable bonds is 40. The van der Waals surface area contributed by atoms with Crippen LogP contribution in [0.15, 0.2) is 73.8 Å². The molecule has 2 rings (SSSR count). The van der Waals surface area contributed by atoms with Gasteiger partial charge in [-0.1, -0.05) is 128 Å². The Morgan fingerprint density at radius 1 is 0.400 bits per heavy atom. The normalized spacial score (nSPS) is 10.7. The Labute approximate surface area is 364 Å². The van der Waals surface area contributed by atoms with Crippen molar-refractivity contribution in [2.75, 3.05) is 66.1 Å². The second-order valence-electron chi connectivity index (χ2n) is 15.1. The summed E-state index contributed by atoms with van der Waals surface area (Å²) in [7, 11) is 0. The zero-order valence-electron chi connectivity index (χ0n) is 37.8. The number of unbranched alkanes of at least 4 members (excludes halogenated alkanes) is 12. The molecule has 0 saturated carbocycles. The molecule has 9 heteroatoms. The second-order valence-corrected chi connectivity index (χ2v) is 15.1. The van der Waals surface area contributed by atoms with E-state index in [9.17, 15) is 9.59 Å². The van der Waals surface area contributed by atoms with Crippen LogP contribution in [0.2, 0.25) is 0 Å². The van der Waals surface area contributed by atoms with E-state index in [4.69, 9.17) is 33.2 Å². The molecule has 0 unspecified atom stereocenters. The molecule has 0 aliphatic carbocycles. The molecule has 340 valence electrons. The maximum Gasteiger partial charge on any atom is 0.330 e. The Kier molecular flexibility index (Phi) is 38.1. The molecule has 0 atom stereocenters. The third-order valence-corrected chi connectivity index (χ3v) is 9.65. The van der Waals surface area contributed by atoms with Crippen molar-refractivity contribution in [3.63, 3.8) is 0 Å². The first kappa shape index (κ1) is 54.4. The van der Waals surface area contributed by atoms with Crippen molar-refractivity contribution >= 4 is 11.9 Å². The van der Waals surface area contributed by atoms with Gasteiger partial charge in [0.25, 0.3) is 0 Å². The van der Waals surface area contributed by atoms with Gasteiger partial charge < -0.3 is 33.2 Å². The third kappa shape index (κ3) is 35.1. The Morgan fingerprint density at radius 2 is 0.700 bits per heavy atom. The third-order valence-electron chi connectivity index (χ3n) is 9.65. The van der Waals surface area contributed by atoms with Gasteiger partial charge in [-0.3, -0.25) is 0 Å². The van der Waals surface area contributed by atoms with Crippen LogP contribution in [0.4, 0.5) is 0 Å². The van der Waals surface area contributed by atoms with Crippen LogP contribution >= 0.6 is 0 Å². The van der Waals surface area contributed by atoms with Crippen molar-refractivity contribution in [2.24, 2.45) is 0 Å². The van der Waals surface area contributed by atoms with Gasteiger partial charge in [-0.15, -0.1) is 0 Å². The first-order chi connectivity index (χ1) is 29.5. The van der Waals surface area contributed by atoms with Crippen LogP contribution in [-0.2, 0) is 46.1 Å². The molecule has 0 aliphatic rings. The summed E-state index contributed by atoms with van der Waals surface area (Å²) >= 11 is 0. The summed E-state index contributed by atoms with van der Waals surface area (Å²) in [4.78, 5) is 21.7. The molecule has 0 heterocycles. The first-order valence-electron chi connectivity index (χ1n) is 23.3. The van der Waals surface area contributed by atoms with Crippen molar-refractivity contribution in [1.29, 1.82) is 0 Å². The fourth-order valence-electron chi connectivity index (χ4n) is 6.13. The largest absolute Gasteiger partial charge is 0.494 e. The lowest BCUT2D eigenvalue weighted by Gasteiger charge is -2.08. The van der Waals surface area contributed by atoms with E-state index >= 15 is 0 Å². The first-order valence-corrected chi connectivity index (χ1v) is 23.3. The van der Waals surface area contributed by atoms with E-state index in [1.54, 1.807) is 0 Å². The lowest BCUT2D eigenvalue weighted by atomic mass is 10.0. The van der Waals surface area contributed by atoms with Gasteiger partial charge in [0.2, 0.25) is 0 Å². The van der Waals surface area contributed by atoms with E-state index in [0.29, 0.717) is 78.9 Å². The molecule has 0 saturated heterocycles. The van der Waals surface area contributed by atoms with Crippen LogP contribution in [0.1, 0.15) is 147 Å². The molecule has 0 fully saturated rings. The van der Waals surface area contributed by atoms with Crippen LogP contribution in [0, 0.1) is 0 Å². The summed E-state index contributed by atoms with van der Waals surface area (Å²) in [6.07, 6.45) is 27.5. The van der Waals surface area contributed by atoms with Gasteiger partial charge in [-0.2, -0.15) is 0 Å². The van der Waals surface area contributed by atoms with E-state index in [-0.39, 0.29) is 5.97 Å². The van der Waals surface area contributed by atoms with E-state index in [1.165, 1.54) is 107 Å². The summed E-state index contributed by atoms with van der Waals surface area (Å²) in [5.41, 5.74) is 2.79. The van der Waals surface area contributed by atoms with E-state index in [2.05, 4.69) is 75.5 Å². The van der Waals surface area contributed by atoms with Crippen LogP contribution in [0.25, 0.3) is 0 Å². The van der Waals surface area contributed by atoms with Crippen LogP contribution in [0.5, 0.6) is 11.5 Å². The van der Waals surface area contributed by atoms with Crippen molar-refractivity contribution in [2.45, 2.75) is 149 Å². The highest BCUT2D eigenvalue weighted by atomic mass is 16.5. The number of esters is 2. The van der Waals surface area contributed by atoms with Gasteiger partial charge in [-0.25, -0.2) is 9.59 Å². The van der Waals surface area contributed by atoms with Gasteiger partial charge in [0.1, 0.15) is 11.5 Å². The smallest absolute Gasteiger partial charge is 0.330 e. The summed E-state index contributed by atoms with van der Waals surface area (Å²) in [5.74, 6) is 1.07. The topological polar surface area (TPSA) is 98.8 Å². The van der Waals surface area contributed by atoms with Gasteiger partial charge in [0, 0.05) is 77.5 Å². The molecule has 0 aliphatic heterocycles. The number of hydrogen-bond acceptors (Lipinski definition) is 9. The maximum absolute atomic E-state index is 10.9. The molecular formula is C51H82O9. The molecule has 0 spiro atoms. The Hall–Kier alpha value is -3.66. The summed E-state index contributed by atoms with van der Waals surface area (Å²) < 4.78 is 37.9. The summed E-state index contributed by atoms with van der Waals surface area (Å²) in [6, 6.07) is 17.0. The molecule has 0 radical (unpaired) electrons. The zero-order chi connectivity index (χ0) is 43.4. The standard InChI is InChI=1S/C27H44O5.C24H38O4/c1-3-5-6-7-8-9-10-14-25-15-17-26(18-16-25)31-23-12-21-29-19-11-20-30-22-13-24-32-27(28)4-2;1-3-5-6-7-8-9-10-13-22-14-16-23(17-15-22)27-20-11-18-26-19-12-21-28-24(25)4-2/h4,15-18H,2-3,5-14,19-24H2,1H3;4,14-17H,2-3,5-13,18-21H2,1H3. The molecule has 0 bridgehead atoms. The number of carbonyl (C=O) groups is 2. The molecular weight excluding hydrogens is 757 g/mol. The second kappa shape index (κ2) is 42.0. The summed E-state index contributed by atoms with van der Waals surface area (Å²) in [6.45, 7) is 17.1. The fraction of sp³-hybridized carbons (Fsp3) is 0.647. The van der Waals surface area contributed by atoms with Crippen molar-refractivity contribution in [1.82, 2.24) is 0 Å². The van der Waals surface area contributed by atoms with Crippen molar-refractivity contribution < 1.29 is 42.7 Å². The van der Waals surface area contributed by atoms with Crippen molar-refractivity contribution in [3.8, 4) is 11.5 Å². The van der Waals surface area contributed by atoms with Gasteiger partial charge in [-0.05, 0) is 67.5 Å². The Bertz CT molecular complexity index is 1280.